The number of nitrogens with zero attached hydrogens (tertiary/aromatic N) is 3. The van der Waals surface area contributed by atoms with Crippen LogP contribution in [-0.4, -0.2) is 23.7 Å². The van der Waals surface area contributed by atoms with Crippen LogP contribution in [0.3, 0.4) is 0 Å². The van der Waals surface area contributed by atoms with Crippen LogP contribution in [-0.2, 0) is 0 Å². The lowest BCUT2D eigenvalue weighted by molar-refractivity contribution is 1.16. The van der Waals surface area contributed by atoms with Gasteiger partial charge in [0.15, 0.2) is 5.82 Å². The molecule has 0 atom stereocenters. The van der Waals surface area contributed by atoms with Crippen molar-refractivity contribution in [3.05, 3.63) is 47.4 Å². The van der Waals surface area contributed by atoms with E-state index >= 15 is 0 Å². The number of aromatic nitrogens is 2. The molecule has 0 bridgehead atoms. The molecule has 0 saturated carbocycles. The molecule has 1 heterocycles. The van der Waals surface area contributed by atoms with Gasteiger partial charge in [0, 0.05) is 28.7 Å². The molecule has 0 aliphatic heterocycles. The van der Waals surface area contributed by atoms with Gasteiger partial charge in [-0.05, 0) is 24.9 Å². The van der Waals surface area contributed by atoms with Crippen molar-refractivity contribution in [2.45, 2.75) is 0 Å². The fraction of sp³-hybridized carbons (Fsp3) is 0.0714. The second-order valence-corrected chi connectivity index (χ2v) is 4.69. The number of rotatable bonds is 4. The lowest BCUT2D eigenvalue weighted by Gasteiger charge is -2.08. The summed E-state index contributed by atoms with van der Waals surface area (Å²) in [5.41, 5.74) is 1.59. The van der Waals surface area contributed by atoms with Crippen LogP contribution in [0.5, 0.6) is 0 Å². The summed E-state index contributed by atoms with van der Waals surface area (Å²) in [5, 5.41) is 4.03. The van der Waals surface area contributed by atoms with E-state index in [1.807, 2.05) is 25.2 Å². The molecule has 0 saturated heterocycles. The zero-order valence-electron chi connectivity index (χ0n) is 10.5. The average molecular weight is 317 g/mol. The minimum absolute atomic E-state index is 0.571. The highest BCUT2D eigenvalue weighted by atomic mass is 79.9. The first-order valence-electron chi connectivity index (χ1n) is 5.63. The van der Waals surface area contributed by atoms with Crippen molar-refractivity contribution < 1.29 is 0 Å². The molecule has 96 valence electrons. The molecule has 2 aromatic rings. The second kappa shape index (κ2) is 5.75. The molecular weight excluding hydrogens is 304 g/mol. The third-order valence-corrected chi connectivity index (χ3v) is 3.10. The van der Waals surface area contributed by atoms with Gasteiger partial charge in [-0.15, -0.1) is 0 Å². The van der Waals surface area contributed by atoms with Crippen molar-refractivity contribution in [3.63, 3.8) is 0 Å². The van der Waals surface area contributed by atoms with Gasteiger partial charge < -0.3 is 5.32 Å². The Labute approximate surface area is 120 Å². The fourth-order valence-corrected chi connectivity index (χ4v) is 2.08. The van der Waals surface area contributed by atoms with Crippen LogP contribution in [0.1, 0.15) is 5.82 Å². The molecule has 0 unspecified atom stereocenters. The molecule has 0 aliphatic carbocycles. The van der Waals surface area contributed by atoms with Gasteiger partial charge in [0.25, 0.3) is 0 Å². The van der Waals surface area contributed by atoms with Crippen molar-refractivity contribution in [1.82, 2.24) is 9.97 Å². The second-order valence-electron chi connectivity index (χ2n) is 3.78. The van der Waals surface area contributed by atoms with Crippen LogP contribution < -0.4 is 5.32 Å². The molecule has 4 nitrogen and oxygen atoms in total. The molecule has 0 radical (unpaired) electrons. The maximum absolute atomic E-state index is 4.52. The molecule has 1 aromatic carbocycles. The zero-order valence-corrected chi connectivity index (χ0v) is 12.1. The van der Waals surface area contributed by atoms with Crippen LogP contribution in [0.25, 0.3) is 16.5 Å². The maximum atomic E-state index is 4.52. The third kappa shape index (κ3) is 2.71. The lowest BCUT2D eigenvalue weighted by Crippen LogP contribution is -2.00. The number of fused-ring (bicyclic) bond motifs is 1. The van der Waals surface area contributed by atoms with Crippen LogP contribution in [0.15, 0.2) is 46.5 Å². The van der Waals surface area contributed by atoms with Gasteiger partial charge in [0.2, 0.25) is 0 Å². The number of hydrogen-bond donors (Lipinski definition) is 1. The Kier molecular flexibility index (Phi) is 4.06. The topological polar surface area (TPSA) is 50.2 Å². The van der Waals surface area contributed by atoms with E-state index < -0.39 is 0 Å². The van der Waals surface area contributed by atoms with Crippen molar-refractivity contribution in [2.24, 2.45) is 4.99 Å². The van der Waals surface area contributed by atoms with Gasteiger partial charge in [0.1, 0.15) is 5.82 Å². The Morgan fingerprint density at radius 1 is 1.42 bits per heavy atom. The molecule has 1 N–H and O–H groups in total. The molecule has 0 spiro atoms. The highest BCUT2D eigenvalue weighted by Gasteiger charge is 2.09. The number of anilines is 1. The minimum Gasteiger partial charge on any atom is -0.373 e. The molecule has 0 fully saturated rings. The van der Waals surface area contributed by atoms with Crippen molar-refractivity contribution in [1.29, 1.82) is 0 Å². The van der Waals surface area contributed by atoms with E-state index in [-0.39, 0.29) is 0 Å². The Bertz CT molecular complexity index is 676. The summed E-state index contributed by atoms with van der Waals surface area (Å²) in [6.45, 7) is 7.18. The number of halogens is 1. The monoisotopic (exact) mass is 316 g/mol. The molecule has 5 heteroatoms. The summed E-state index contributed by atoms with van der Waals surface area (Å²) >= 11 is 3.45. The average Bonchev–Trinajstić information content (AvgIpc) is 2.43. The molecule has 19 heavy (non-hydrogen) atoms. The first-order valence-corrected chi connectivity index (χ1v) is 6.42. The van der Waals surface area contributed by atoms with Crippen LogP contribution in [0.2, 0.25) is 0 Å². The summed E-state index contributed by atoms with van der Waals surface area (Å²) in [6.07, 6.45) is 3.25. The highest BCUT2D eigenvalue weighted by Crippen LogP contribution is 2.26. The van der Waals surface area contributed by atoms with Crippen LogP contribution in [0, 0.1) is 0 Å². The molecule has 0 amide bonds. The van der Waals surface area contributed by atoms with Gasteiger partial charge in [-0.3, -0.25) is 4.99 Å². The van der Waals surface area contributed by atoms with E-state index in [0.717, 1.165) is 26.8 Å². The van der Waals surface area contributed by atoms with Crippen molar-refractivity contribution >= 4 is 44.9 Å². The predicted octanol–water partition coefficient (Wildman–Crippen LogP) is 3.66. The first kappa shape index (κ1) is 13.4. The summed E-state index contributed by atoms with van der Waals surface area (Å²) in [5.74, 6) is 1.33. The predicted molar refractivity (Wildman–Crippen MR) is 84.5 cm³/mol. The molecular formula is C14H13BrN4. The normalized spacial score (nSPS) is 11.4. The fourth-order valence-electron chi connectivity index (χ4n) is 1.72. The van der Waals surface area contributed by atoms with Gasteiger partial charge in [-0.1, -0.05) is 28.6 Å². The van der Waals surface area contributed by atoms with Crippen LogP contribution in [0.4, 0.5) is 5.82 Å². The number of hydrogen-bond acceptors (Lipinski definition) is 4. The van der Waals surface area contributed by atoms with Gasteiger partial charge in [-0.2, -0.15) is 0 Å². The van der Waals surface area contributed by atoms with Gasteiger partial charge in [0.05, 0.1) is 5.52 Å². The van der Waals surface area contributed by atoms with Gasteiger partial charge >= 0.3 is 0 Å². The summed E-state index contributed by atoms with van der Waals surface area (Å²) in [7, 11) is 1.83. The van der Waals surface area contributed by atoms with E-state index in [9.17, 15) is 0 Å². The molecule has 2 rings (SSSR count). The number of allylic oxidation sites excluding steroid dienone is 2. The Hall–Kier alpha value is -2.01. The van der Waals surface area contributed by atoms with E-state index in [0.29, 0.717) is 5.82 Å². The summed E-state index contributed by atoms with van der Waals surface area (Å²) in [4.78, 5) is 12.7. The third-order valence-electron chi connectivity index (χ3n) is 2.60. The van der Waals surface area contributed by atoms with Gasteiger partial charge in [-0.25, -0.2) is 9.97 Å². The number of aliphatic imine (C=N–C) groups is 1. The zero-order chi connectivity index (χ0) is 13.8. The van der Waals surface area contributed by atoms with E-state index in [1.165, 1.54) is 0 Å². The molecule has 0 aliphatic rings. The Balaban J connectivity index is 2.72. The number of nitrogens with one attached hydrogen (secondary N) is 1. The van der Waals surface area contributed by atoms with Crippen molar-refractivity contribution in [2.75, 3.05) is 12.4 Å². The quantitative estimate of drug-likeness (QED) is 0.691. The van der Waals surface area contributed by atoms with Crippen LogP contribution >= 0.6 is 15.9 Å². The van der Waals surface area contributed by atoms with E-state index in [4.69, 9.17) is 0 Å². The Morgan fingerprint density at radius 2 is 2.21 bits per heavy atom. The molecule has 1 aromatic heterocycles. The van der Waals surface area contributed by atoms with Crippen molar-refractivity contribution in [3.8, 4) is 0 Å². The largest absolute Gasteiger partial charge is 0.373 e. The first-order chi connectivity index (χ1) is 9.19. The standard InChI is InChI=1S/C14H13BrN4/c1-4-9(8-16-2)13-18-12-6-5-10(15)7-11(12)14(17-3)19-13/h4-8H,1-2H2,3H3,(H,17,18,19)/b9-8+. The number of benzene rings is 1. The summed E-state index contributed by atoms with van der Waals surface area (Å²) < 4.78 is 0.986. The Morgan fingerprint density at radius 3 is 2.84 bits per heavy atom. The SMILES string of the molecule is C=C/C(=C\N=C)c1nc(NC)c2cc(Br)ccc2n1. The maximum Gasteiger partial charge on any atom is 0.163 e. The smallest absolute Gasteiger partial charge is 0.163 e. The summed E-state index contributed by atoms with van der Waals surface area (Å²) in [6, 6.07) is 5.86. The lowest BCUT2D eigenvalue weighted by atomic mass is 10.2. The van der Waals surface area contributed by atoms with E-state index in [2.05, 4.69) is 49.5 Å². The van der Waals surface area contributed by atoms with E-state index in [1.54, 1.807) is 12.3 Å². The highest BCUT2D eigenvalue weighted by molar-refractivity contribution is 9.10. The minimum atomic E-state index is 0.571.